The number of hydrogen-bond acceptors (Lipinski definition) is 5. The van der Waals surface area contributed by atoms with E-state index >= 15 is 0 Å². The van der Waals surface area contributed by atoms with Gasteiger partial charge in [0.2, 0.25) is 0 Å². The molecule has 1 aliphatic heterocycles. The maximum Gasteiger partial charge on any atom is 0.410 e. The average molecular weight is 598 g/mol. The van der Waals surface area contributed by atoms with Gasteiger partial charge in [-0.2, -0.15) is 0 Å². The number of methoxy groups -OCH3 is 1. The van der Waals surface area contributed by atoms with Crippen molar-refractivity contribution in [3.63, 3.8) is 0 Å². The third-order valence-electron chi connectivity index (χ3n) is 8.18. The molecule has 1 aliphatic rings. The number of para-hydroxylation sites is 1. The molecular formula is C37H40FNO5. The molecule has 230 valence electrons. The Morgan fingerprint density at radius 3 is 2.50 bits per heavy atom. The molecular weight excluding hydrogens is 557 g/mol. The van der Waals surface area contributed by atoms with E-state index in [4.69, 9.17) is 14.2 Å². The molecule has 0 N–H and O–H groups in total. The molecule has 0 aromatic heterocycles. The number of benzene rings is 4. The lowest BCUT2D eigenvalue weighted by atomic mass is 9.82. The lowest BCUT2D eigenvalue weighted by molar-refractivity contribution is 0.0162. The van der Waals surface area contributed by atoms with Crippen molar-refractivity contribution < 1.29 is 28.2 Å². The fourth-order valence-electron chi connectivity index (χ4n) is 6.05. The molecule has 0 spiro atoms. The quantitative estimate of drug-likeness (QED) is 0.190. The zero-order chi connectivity index (χ0) is 31.4. The Labute approximate surface area is 258 Å². The minimum atomic E-state index is -0.705. The van der Waals surface area contributed by atoms with Crippen molar-refractivity contribution in [1.82, 2.24) is 4.90 Å². The van der Waals surface area contributed by atoms with Crippen molar-refractivity contribution in [3.05, 3.63) is 113 Å². The summed E-state index contributed by atoms with van der Waals surface area (Å²) in [5.41, 5.74) is 2.17. The van der Waals surface area contributed by atoms with Crippen LogP contribution in [0.5, 0.6) is 5.75 Å². The van der Waals surface area contributed by atoms with Crippen LogP contribution in [0, 0.1) is 5.82 Å². The molecule has 0 radical (unpaired) electrons. The van der Waals surface area contributed by atoms with E-state index in [1.807, 2.05) is 75.1 Å². The number of hydrogen-bond donors (Lipinski definition) is 0. The first kappa shape index (κ1) is 31.0. The van der Waals surface area contributed by atoms with Crippen LogP contribution in [0.2, 0.25) is 0 Å². The standard InChI is InChI=1S/C37H40FNO5/c1-24(28-17-10-13-25-12-6-7-15-29(25)28)39(36(41)44-37(2,3)4)21-11-14-27-23-31(30-16-8-9-18-34(30)43-27)26-19-20-33(38)32(22-26)35(40)42-5/h6-10,12-13,15-20,22,24,27,31H,11,14,21,23H2,1-5H3. The van der Waals surface area contributed by atoms with Gasteiger partial charge in [-0.3, -0.25) is 0 Å². The van der Waals surface area contributed by atoms with Crippen LogP contribution in [0.15, 0.2) is 84.9 Å². The molecule has 4 aromatic rings. The predicted octanol–water partition coefficient (Wildman–Crippen LogP) is 8.83. The van der Waals surface area contributed by atoms with E-state index in [2.05, 4.69) is 24.3 Å². The van der Waals surface area contributed by atoms with E-state index in [-0.39, 0.29) is 29.7 Å². The van der Waals surface area contributed by atoms with Crippen molar-refractivity contribution in [3.8, 4) is 5.75 Å². The van der Waals surface area contributed by atoms with Crippen LogP contribution in [0.25, 0.3) is 10.8 Å². The normalized spacial score (nSPS) is 16.9. The number of halogens is 1. The van der Waals surface area contributed by atoms with E-state index in [1.54, 1.807) is 12.1 Å². The highest BCUT2D eigenvalue weighted by molar-refractivity contribution is 5.90. The van der Waals surface area contributed by atoms with E-state index < -0.39 is 17.4 Å². The van der Waals surface area contributed by atoms with Gasteiger partial charge in [-0.1, -0.05) is 66.7 Å². The number of nitrogens with zero attached hydrogens (tertiary/aromatic N) is 1. The molecule has 0 fully saturated rings. The van der Waals surface area contributed by atoms with Gasteiger partial charge in [-0.15, -0.1) is 0 Å². The molecule has 1 heterocycles. The summed E-state index contributed by atoms with van der Waals surface area (Å²) in [6.07, 6.45) is 1.53. The van der Waals surface area contributed by atoms with Gasteiger partial charge in [0.05, 0.1) is 24.8 Å². The largest absolute Gasteiger partial charge is 0.490 e. The summed E-state index contributed by atoms with van der Waals surface area (Å²) in [5.74, 6) is -0.639. The van der Waals surface area contributed by atoms with E-state index in [9.17, 15) is 14.0 Å². The number of amides is 1. The van der Waals surface area contributed by atoms with E-state index in [0.717, 1.165) is 33.2 Å². The van der Waals surface area contributed by atoms with Gasteiger partial charge in [0, 0.05) is 18.0 Å². The minimum absolute atomic E-state index is 0.0825. The Morgan fingerprint density at radius 2 is 1.73 bits per heavy atom. The average Bonchev–Trinajstić information content (AvgIpc) is 3.01. The number of ether oxygens (including phenoxy) is 3. The highest BCUT2D eigenvalue weighted by Crippen LogP contribution is 2.42. The molecule has 3 unspecified atom stereocenters. The fraction of sp³-hybridized carbons (Fsp3) is 0.351. The zero-order valence-corrected chi connectivity index (χ0v) is 26.0. The third kappa shape index (κ3) is 6.88. The van der Waals surface area contributed by atoms with Crippen molar-refractivity contribution in [2.75, 3.05) is 13.7 Å². The van der Waals surface area contributed by atoms with Gasteiger partial charge in [0.1, 0.15) is 17.2 Å². The molecule has 4 aromatic carbocycles. The Balaban J connectivity index is 1.37. The number of carbonyl (C=O) groups is 2. The van der Waals surface area contributed by atoms with Gasteiger partial charge >= 0.3 is 12.1 Å². The lowest BCUT2D eigenvalue weighted by Crippen LogP contribution is -2.39. The summed E-state index contributed by atoms with van der Waals surface area (Å²) in [7, 11) is 1.25. The predicted molar refractivity (Wildman–Crippen MR) is 170 cm³/mol. The Bertz CT molecular complexity index is 1640. The highest BCUT2D eigenvalue weighted by Gasteiger charge is 2.32. The van der Waals surface area contributed by atoms with Crippen molar-refractivity contribution in [2.45, 2.75) is 70.6 Å². The first-order chi connectivity index (χ1) is 21.1. The fourth-order valence-corrected chi connectivity index (χ4v) is 6.05. The number of rotatable bonds is 8. The molecule has 0 saturated carbocycles. The number of carbonyl (C=O) groups excluding carboxylic acids is 2. The third-order valence-corrected chi connectivity index (χ3v) is 8.18. The Kier molecular flexibility index (Phi) is 9.23. The molecule has 5 rings (SSSR count). The van der Waals surface area contributed by atoms with Crippen molar-refractivity contribution in [2.24, 2.45) is 0 Å². The second-order valence-corrected chi connectivity index (χ2v) is 12.4. The molecule has 3 atom stereocenters. The first-order valence-electron chi connectivity index (χ1n) is 15.2. The van der Waals surface area contributed by atoms with Crippen molar-refractivity contribution >= 4 is 22.8 Å². The maximum atomic E-state index is 14.5. The summed E-state index contributed by atoms with van der Waals surface area (Å²) >= 11 is 0. The van der Waals surface area contributed by atoms with E-state index in [1.165, 1.54) is 13.2 Å². The van der Waals surface area contributed by atoms with Gasteiger partial charge in [0.15, 0.2) is 0 Å². The smallest absolute Gasteiger partial charge is 0.410 e. The molecule has 1 amide bonds. The second-order valence-electron chi connectivity index (χ2n) is 12.4. The zero-order valence-electron chi connectivity index (χ0n) is 26.0. The minimum Gasteiger partial charge on any atom is -0.490 e. The number of esters is 1. The summed E-state index contributed by atoms with van der Waals surface area (Å²) < 4.78 is 31.6. The molecule has 0 saturated heterocycles. The van der Waals surface area contributed by atoms with Crippen LogP contribution >= 0.6 is 0 Å². The highest BCUT2D eigenvalue weighted by atomic mass is 19.1. The molecule has 0 bridgehead atoms. The summed E-state index contributed by atoms with van der Waals surface area (Å²) in [4.78, 5) is 27.6. The number of fused-ring (bicyclic) bond motifs is 2. The SMILES string of the molecule is COC(=O)c1cc(C2CC(CCCN(C(=O)OC(C)(C)C)C(C)c3cccc4ccccc34)Oc3ccccc32)ccc1F. The van der Waals surface area contributed by atoms with Crippen LogP contribution in [0.4, 0.5) is 9.18 Å². The molecule has 7 heteroatoms. The van der Waals surface area contributed by atoms with Crippen LogP contribution in [-0.4, -0.2) is 42.3 Å². The topological polar surface area (TPSA) is 65.1 Å². The monoisotopic (exact) mass is 597 g/mol. The summed E-state index contributed by atoms with van der Waals surface area (Å²) in [6.45, 7) is 8.15. The molecule has 0 aliphatic carbocycles. The summed E-state index contributed by atoms with van der Waals surface area (Å²) in [5, 5.41) is 2.23. The first-order valence-corrected chi connectivity index (χ1v) is 15.2. The van der Waals surface area contributed by atoms with Gasteiger partial charge < -0.3 is 19.1 Å². The Morgan fingerprint density at radius 1 is 1.00 bits per heavy atom. The maximum absolute atomic E-state index is 14.5. The van der Waals surface area contributed by atoms with Gasteiger partial charge in [-0.05, 0) is 87.1 Å². The van der Waals surface area contributed by atoms with E-state index in [0.29, 0.717) is 25.8 Å². The van der Waals surface area contributed by atoms with Crippen LogP contribution in [-0.2, 0) is 9.47 Å². The van der Waals surface area contributed by atoms with Gasteiger partial charge in [-0.25, -0.2) is 14.0 Å². The second kappa shape index (κ2) is 13.1. The summed E-state index contributed by atoms with van der Waals surface area (Å²) in [6, 6.07) is 26.6. The van der Waals surface area contributed by atoms with Crippen LogP contribution in [0.3, 0.4) is 0 Å². The molecule has 44 heavy (non-hydrogen) atoms. The van der Waals surface area contributed by atoms with Gasteiger partial charge in [0.25, 0.3) is 0 Å². The van der Waals surface area contributed by atoms with Crippen LogP contribution < -0.4 is 4.74 Å². The van der Waals surface area contributed by atoms with Crippen LogP contribution in [0.1, 0.15) is 86.0 Å². The Hall–Kier alpha value is -4.39. The molecule has 6 nitrogen and oxygen atoms in total. The lowest BCUT2D eigenvalue weighted by Gasteiger charge is -2.35. The van der Waals surface area contributed by atoms with Crippen molar-refractivity contribution in [1.29, 1.82) is 0 Å².